The van der Waals surface area contributed by atoms with E-state index in [0.29, 0.717) is 5.82 Å². The van der Waals surface area contributed by atoms with Gasteiger partial charge in [0.15, 0.2) is 0 Å². The molecular formula is C9H14N4OS. The Morgan fingerprint density at radius 2 is 2.13 bits per heavy atom. The zero-order valence-corrected chi connectivity index (χ0v) is 9.46. The SMILES string of the molecule is CC(=O)N1CCN(c2cc(N)ns2)CC1. The maximum atomic E-state index is 11.1. The second-order valence-electron chi connectivity index (χ2n) is 3.58. The Kier molecular flexibility index (Phi) is 2.77. The van der Waals surface area contributed by atoms with Gasteiger partial charge in [0.1, 0.15) is 10.8 Å². The first kappa shape index (κ1) is 10.2. The fourth-order valence-corrected chi connectivity index (χ4v) is 2.39. The second-order valence-corrected chi connectivity index (χ2v) is 4.37. The molecule has 0 bridgehead atoms. The molecular weight excluding hydrogens is 212 g/mol. The Morgan fingerprint density at radius 1 is 1.47 bits per heavy atom. The van der Waals surface area contributed by atoms with Crippen LogP contribution < -0.4 is 10.6 Å². The third-order valence-corrected chi connectivity index (χ3v) is 3.42. The van der Waals surface area contributed by atoms with Crippen molar-refractivity contribution in [1.82, 2.24) is 9.27 Å². The number of nitrogens with zero attached hydrogens (tertiary/aromatic N) is 3. The molecule has 1 aliphatic rings. The van der Waals surface area contributed by atoms with Crippen LogP contribution in [0.4, 0.5) is 10.8 Å². The van der Waals surface area contributed by atoms with Crippen molar-refractivity contribution < 1.29 is 4.79 Å². The van der Waals surface area contributed by atoms with Gasteiger partial charge in [-0.25, -0.2) is 0 Å². The monoisotopic (exact) mass is 226 g/mol. The third-order valence-electron chi connectivity index (χ3n) is 2.55. The highest BCUT2D eigenvalue weighted by Crippen LogP contribution is 2.23. The van der Waals surface area contributed by atoms with E-state index in [0.717, 1.165) is 31.2 Å². The van der Waals surface area contributed by atoms with Gasteiger partial charge < -0.3 is 15.5 Å². The van der Waals surface area contributed by atoms with Crippen LogP contribution in [-0.4, -0.2) is 41.4 Å². The van der Waals surface area contributed by atoms with Gasteiger partial charge in [0.05, 0.1) is 0 Å². The molecule has 0 unspecified atom stereocenters. The number of aromatic nitrogens is 1. The molecule has 1 saturated heterocycles. The molecule has 0 spiro atoms. The van der Waals surface area contributed by atoms with Crippen molar-refractivity contribution in [2.24, 2.45) is 0 Å². The van der Waals surface area contributed by atoms with Gasteiger partial charge in [-0.3, -0.25) is 4.79 Å². The van der Waals surface area contributed by atoms with Crippen LogP contribution in [0.25, 0.3) is 0 Å². The summed E-state index contributed by atoms with van der Waals surface area (Å²) in [5.74, 6) is 0.725. The largest absolute Gasteiger partial charge is 0.383 e. The Labute approximate surface area is 92.6 Å². The van der Waals surface area contributed by atoms with E-state index >= 15 is 0 Å². The first-order valence-corrected chi connectivity index (χ1v) is 5.67. The van der Waals surface area contributed by atoms with Crippen LogP contribution in [0.5, 0.6) is 0 Å². The van der Waals surface area contributed by atoms with Gasteiger partial charge in [0, 0.05) is 39.2 Å². The molecule has 0 atom stereocenters. The molecule has 0 aromatic carbocycles. The van der Waals surface area contributed by atoms with E-state index in [-0.39, 0.29) is 5.91 Å². The van der Waals surface area contributed by atoms with Gasteiger partial charge in [0.2, 0.25) is 5.91 Å². The van der Waals surface area contributed by atoms with Crippen LogP contribution in [0.2, 0.25) is 0 Å². The highest BCUT2D eigenvalue weighted by atomic mass is 32.1. The van der Waals surface area contributed by atoms with Gasteiger partial charge >= 0.3 is 0 Å². The maximum absolute atomic E-state index is 11.1. The van der Waals surface area contributed by atoms with Crippen LogP contribution in [0.1, 0.15) is 6.92 Å². The molecule has 5 nitrogen and oxygen atoms in total. The molecule has 0 radical (unpaired) electrons. The number of nitrogens with two attached hydrogens (primary N) is 1. The fraction of sp³-hybridized carbons (Fsp3) is 0.556. The highest BCUT2D eigenvalue weighted by molar-refractivity contribution is 7.10. The topological polar surface area (TPSA) is 62.5 Å². The number of carbonyl (C=O) groups excluding carboxylic acids is 1. The molecule has 6 heteroatoms. The molecule has 2 N–H and O–H groups in total. The smallest absolute Gasteiger partial charge is 0.219 e. The summed E-state index contributed by atoms with van der Waals surface area (Å²) in [6.07, 6.45) is 0. The lowest BCUT2D eigenvalue weighted by molar-refractivity contribution is -0.129. The average molecular weight is 226 g/mol. The molecule has 1 aliphatic heterocycles. The van der Waals surface area contributed by atoms with Crippen molar-refractivity contribution in [2.75, 3.05) is 36.8 Å². The molecule has 1 aromatic rings. The Balaban J connectivity index is 1.96. The number of anilines is 2. The van der Waals surface area contributed by atoms with Crippen LogP contribution in [-0.2, 0) is 4.79 Å². The highest BCUT2D eigenvalue weighted by Gasteiger charge is 2.19. The summed E-state index contributed by atoms with van der Waals surface area (Å²) >= 11 is 1.41. The van der Waals surface area contributed by atoms with E-state index < -0.39 is 0 Å². The molecule has 0 saturated carbocycles. The number of nitrogen functional groups attached to an aromatic ring is 1. The minimum atomic E-state index is 0.151. The van der Waals surface area contributed by atoms with E-state index in [9.17, 15) is 4.79 Å². The fourth-order valence-electron chi connectivity index (χ4n) is 1.67. The molecule has 82 valence electrons. The summed E-state index contributed by atoms with van der Waals surface area (Å²) in [6.45, 7) is 4.91. The van der Waals surface area contributed by atoms with Gasteiger partial charge in [-0.15, -0.1) is 0 Å². The van der Waals surface area contributed by atoms with Crippen molar-refractivity contribution in [3.05, 3.63) is 6.07 Å². The first-order valence-electron chi connectivity index (χ1n) is 4.89. The molecule has 2 heterocycles. The van der Waals surface area contributed by atoms with Crippen LogP contribution in [0, 0.1) is 0 Å². The van der Waals surface area contributed by atoms with Crippen molar-refractivity contribution in [3.8, 4) is 0 Å². The van der Waals surface area contributed by atoms with Gasteiger partial charge in [-0.1, -0.05) is 0 Å². The summed E-state index contributed by atoms with van der Waals surface area (Å²) in [4.78, 5) is 15.2. The minimum Gasteiger partial charge on any atom is -0.383 e. The zero-order valence-electron chi connectivity index (χ0n) is 8.64. The van der Waals surface area contributed by atoms with Crippen LogP contribution in [0.3, 0.4) is 0 Å². The summed E-state index contributed by atoms with van der Waals surface area (Å²) in [5, 5.41) is 1.09. The zero-order chi connectivity index (χ0) is 10.8. The van der Waals surface area contributed by atoms with Crippen molar-refractivity contribution in [3.63, 3.8) is 0 Å². The minimum absolute atomic E-state index is 0.151. The summed E-state index contributed by atoms with van der Waals surface area (Å²) < 4.78 is 4.04. The van der Waals surface area contributed by atoms with E-state index in [1.54, 1.807) is 6.92 Å². The second kappa shape index (κ2) is 4.06. The van der Waals surface area contributed by atoms with E-state index in [1.165, 1.54) is 11.5 Å². The number of hydrogen-bond donors (Lipinski definition) is 1. The standard InChI is InChI=1S/C9H14N4OS/c1-7(14)12-2-4-13(5-3-12)9-6-8(10)11-15-9/h6H,2-5H2,1H3,(H2,10,11). The lowest BCUT2D eigenvalue weighted by Crippen LogP contribution is -2.47. The third kappa shape index (κ3) is 2.20. The number of hydrogen-bond acceptors (Lipinski definition) is 5. The Hall–Kier alpha value is -1.30. The average Bonchev–Trinajstić information content (AvgIpc) is 2.65. The number of rotatable bonds is 1. The van der Waals surface area contributed by atoms with Gasteiger partial charge in [-0.2, -0.15) is 4.37 Å². The quantitative estimate of drug-likeness (QED) is 0.752. The summed E-state index contributed by atoms with van der Waals surface area (Å²) in [5.41, 5.74) is 5.57. The number of carbonyl (C=O) groups is 1. The molecule has 2 rings (SSSR count). The number of piperazine rings is 1. The molecule has 1 aromatic heterocycles. The molecule has 0 aliphatic carbocycles. The van der Waals surface area contributed by atoms with Crippen LogP contribution in [0.15, 0.2) is 6.07 Å². The van der Waals surface area contributed by atoms with Crippen molar-refractivity contribution >= 4 is 28.3 Å². The Morgan fingerprint density at radius 3 is 2.60 bits per heavy atom. The Bertz CT molecular complexity index is 357. The predicted octanol–water partition coefficient (Wildman–Crippen LogP) is 0.394. The van der Waals surface area contributed by atoms with Crippen molar-refractivity contribution in [2.45, 2.75) is 6.92 Å². The molecule has 1 fully saturated rings. The van der Waals surface area contributed by atoms with Gasteiger partial charge in [0.25, 0.3) is 0 Å². The maximum Gasteiger partial charge on any atom is 0.219 e. The van der Waals surface area contributed by atoms with E-state index in [1.807, 2.05) is 11.0 Å². The van der Waals surface area contributed by atoms with E-state index in [2.05, 4.69) is 9.27 Å². The van der Waals surface area contributed by atoms with Crippen molar-refractivity contribution in [1.29, 1.82) is 0 Å². The predicted molar refractivity (Wildman–Crippen MR) is 61.0 cm³/mol. The summed E-state index contributed by atoms with van der Waals surface area (Å²) in [7, 11) is 0. The first-order chi connectivity index (χ1) is 7.16. The normalized spacial score (nSPS) is 16.9. The van der Waals surface area contributed by atoms with Gasteiger partial charge in [-0.05, 0) is 11.5 Å². The van der Waals surface area contributed by atoms with E-state index in [4.69, 9.17) is 5.73 Å². The number of amides is 1. The lowest BCUT2D eigenvalue weighted by Gasteiger charge is -2.34. The molecule has 1 amide bonds. The lowest BCUT2D eigenvalue weighted by atomic mass is 10.3. The van der Waals surface area contributed by atoms with Crippen LogP contribution >= 0.6 is 11.5 Å². The summed E-state index contributed by atoms with van der Waals surface area (Å²) in [6, 6.07) is 1.88. The molecule has 15 heavy (non-hydrogen) atoms.